The van der Waals surface area contributed by atoms with Crippen LogP contribution in [0.4, 0.5) is 4.39 Å². The lowest BCUT2D eigenvalue weighted by Crippen LogP contribution is -2.13. The van der Waals surface area contributed by atoms with E-state index in [1.807, 2.05) is 0 Å². The second kappa shape index (κ2) is 4.00. The number of oxazole rings is 1. The Morgan fingerprint density at radius 1 is 1.73 bits per heavy atom. The minimum Gasteiger partial charge on any atom is -0.481 e. The van der Waals surface area contributed by atoms with Crippen molar-refractivity contribution in [1.82, 2.24) is 4.98 Å². The number of carboxylic acid groups (broad SMARTS) is 1. The number of halogens is 1. The van der Waals surface area contributed by atoms with Gasteiger partial charge in [-0.05, 0) is 13.8 Å². The highest BCUT2D eigenvalue weighted by molar-refractivity contribution is 5.69. The minimum atomic E-state index is -1.56. The molecule has 1 atom stereocenters. The first-order valence-electron chi connectivity index (χ1n) is 4.67. The molecule has 0 bridgehead atoms. The lowest BCUT2D eigenvalue weighted by molar-refractivity contribution is -0.141. The smallest absolute Gasteiger partial charge is 0.306 e. The highest BCUT2D eigenvalue weighted by Gasteiger charge is 2.24. The first kappa shape index (κ1) is 11.7. The SMILES string of the molecule is CC(Cc1nc(C(C)(C)F)co1)C(=O)O. The Balaban J connectivity index is 2.73. The van der Waals surface area contributed by atoms with Gasteiger partial charge in [-0.3, -0.25) is 4.79 Å². The molecule has 84 valence electrons. The summed E-state index contributed by atoms with van der Waals surface area (Å²) < 4.78 is 18.4. The Labute approximate surface area is 87.1 Å². The molecule has 4 nitrogen and oxygen atoms in total. The third-order valence-corrected chi connectivity index (χ3v) is 2.06. The highest BCUT2D eigenvalue weighted by atomic mass is 19.1. The molecule has 1 unspecified atom stereocenters. The van der Waals surface area contributed by atoms with Crippen LogP contribution in [-0.4, -0.2) is 16.1 Å². The van der Waals surface area contributed by atoms with Crippen molar-refractivity contribution in [3.05, 3.63) is 17.8 Å². The summed E-state index contributed by atoms with van der Waals surface area (Å²) in [6.45, 7) is 4.29. The van der Waals surface area contributed by atoms with Gasteiger partial charge in [0.05, 0.1) is 5.92 Å². The van der Waals surface area contributed by atoms with Crippen LogP contribution in [0.3, 0.4) is 0 Å². The van der Waals surface area contributed by atoms with E-state index in [9.17, 15) is 9.18 Å². The molecule has 1 aromatic rings. The minimum absolute atomic E-state index is 0.172. The van der Waals surface area contributed by atoms with Gasteiger partial charge in [0.25, 0.3) is 0 Å². The second-order valence-electron chi connectivity index (χ2n) is 4.04. The summed E-state index contributed by atoms with van der Waals surface area (Å²) in [7, 11) is 0. The zero-order valence-corrected chi connectivity index (χ0v) is 8.95. The molecule has 0 aliphatic rings. The van der Waals surface area contributed by atoms with Crippen LogP contribution in [0.5, 0.6) is 0 Å². The van der Waals surface area contributed by atoms with Crippen molar-refractivity contribution >= 4 is 5.97 Å². The molecule has 1 N–H and O–H groups in total. The quantitative estimate of drug-likeness (QED) is 0.835. The molecule has 5 heteroatoms. The summed E-state index contributed by atoms with van der Waals surface area (Å²) in [5, 5.41) is 8.67. The number of carboxylic acids is 1. The number of aliphatic carboxylic acids is 1. The van der Waals surface area contributed by atoms with Gasteiger partial charge in [-0.25, -0.2) is 9.37 Å². The average Bonchev–Trinajstić information content (AvgIpc) is 2.51. The van der Waals surface area contributed by atoms with E-state index in [1.54, 1.807) is 6.92 Å². The van der Waals surface area contributed by atoms with Crippen LogP contribution in [0.2, 0.25) is 0 Å². The molecule has 0 aromatic carbocycles. The Hall–Kier alpha value is -1.39. The molecule has 1 aromatic heterocycles. The monoisotopic (exact) mass is 215 g/mol. The summed E-state index contributed by atoms with van der Waals surface area (Å²) in [6, 6.07) is 0. The first-order valence-corrected chi connectivity index (χ1v) is 4.67. The lowest BCUT2D eigenvalue weighted by atomic mass is 10.1. The van der Waals surface area contributed by atoms with Gasteiger partial charge in [0, 0.05) is 6.42 Å². The highest BCUT2D eigenvalue weighted by Crippen LogP contribution is 2.24. The molecule has 0 spiro atoms. The Morgan fingerprint density at radius 3 is 2.73 bits per heavy atom. The Morgan fingerprint density at radius 2 is 2.33 bits per heavy atom. The van der Waals surface area contributed by atoms with E-state index in [2.05, 4.69) is 4.98 Å². The molecule has 0 fully saturated rings. The van der Waals surface area contributed by atoms with Crippen molar-refractivity contribution in [1.29, 1.82) is 0 Å². The average molecular weight is 215 g/mol. The van der Waals surface area contributed by atoms with Gasteiger partial charge >= 0.3 is 5.97 Å². The number of hydrogen-bond acceptors (Lipinski definition) is 3. The third-order valence-electron chi connectivity index (χ3n) is 2.06. The summed E-state index contributed by atoms with van der Waals surface area (Å²) in [6.07, 6.45) is 1.40. The van der Waals surface area contributed by atoms with Crippen molar-refractivity contribution < 1.29 is 18.7 Å². The van der Waals surface area contributed by atoms with E-state index in [4.69, 9.17) is 9.52 Å². The van der Waals surface area contributed by atoms with Crippen LogP contribution in [0.15, 0.2) is 10.7 Å². The van der Waals surface area contributed by atoms with Gasteiger partial charge < -0.3 is 9.52 Å². The standard InChI is InChI=1S/C10H14FNO3/c1-6(9(13)14)4-8-12-7(5-15-8)10(2,3)11/h5-6H,4H2,1-3H3,(H,13,14). The van der Waals surface area contributed by atoms with Gasteiger partial charge in [-0.1, -0.05) is 6.92 Å². The fourth-order valence-corrected chi connectivity index (χ4v) is 1.03. The number of nitrogens with zero attached hydrogens (tertiary/aromatic N) is 1. The van der Waals surface area contributed by atoms with Crippen LogP contribution in [-0.2, 0) is 16.9 Å². The fourth-order valence-electron chi connectivity index (χ4n) is 1.03. The molecule has 0 saturated carbocycles. The number of carbonyl (C=O) groups is 1. The van der Waals surface area contributed by atoms with E-state index >= 15 is 0 Å². The van der Waals surface area contributed by atoms with Crippen LogP contribution in [0.1, 0.15) is 32.4 Å². The van der Waals surface area contributed by atoms with Gasteiger partial charge in [-0.15, -0.1) is 0 Å². The van der Waals surface area contributed by atoms with Crippen LogP contribution in [0.25, 0.3) is 0 Å². The summed E-state index contributed by atoms with van der Waals surface area (Å²) in [4.78, 5) is 14.5. The maximum Gasteiger partial charge on any atom is 0.306 e. The molecule has 0 radical (unpaired) electrons. The molecule has 0 amide bonds. The number of aromatic nitrogens is 1. The van der Waals surface area contributed by atoms with Crippen LogP contribution < -0.4 is 0 Å². The van der Waals surface area contributed by atoms with Crippen LogP contribution in [0, 0.1) is 5.92 Å². The van der Waals surface area contributed by atoms with E-state index in [0.29, 0.717) is 0 Å². The molecule has 0 saturated heterocycles. The maximum atomic E-state index is 13.4. The largest absolute Gasteiger partial charge is 0.481 e. The zero-order valence-electron chi connectivity index (χ0n) is 8.95. The predicted molar refractivity (Wildman–Crippen MR) is 51.1 cm³/mol. The number of rotatable bonds is 4. The van der Waals surface area contributed by atoms with Crippen molar-refractivity contribution in [2.24, 2.45) is 5.92 Å². The Kier molecular flexibility index (Phi) is 3.12. The summed E-state index contributed by atoms with van der Waals surface area (Å²) in [5.74, 6) is -1.25. The van der Waals surface area contributed by atoms with Crippen molar-refractivity contribution in [2.45, 2.75) is 32.9 Å². The number of alkyl halides is 1. The van der Waals surface area contributed by atoms with Crippen LogP contribution >= 0.6 is 0 Å². The van der Waals surface area contributed by atoms with Crippen molar-refractivity contribution in [3.63, 3.8) is 0 Å². The Bertz CT molecular complexity index is 354. The van der Waals surface area contributed by atoms with E-state index in [-0.39, 0.29) is 18.0 Å². The molecular weight excluding hydrogens is 201 g/mol. The van der Waals surface area contributed by atoms with Gasteiger partial charge in [0.2, 0.25) is 0 Å². The normalized spacial score (nSPS) is 13.9. The van der Waals surface area contributed by atoms with Gasteiger partial charge in [0.1, 0.15) is 17.6 Å². The predicted octanol–water partition coefficient (Wildman–Crippen LogP) is 2.14. The topological polar surface area (TPSA) is 63.3 Å². The molecule has 0 aliphatic carbocycles. The fraction of sp³-hybridized carbons (Fsp3) is 0.600. The molecule has 1 heterocycles. The van der Waals surface area contributed by atoms with E-state index in [0.717, 1.165) is 0 Å². The lowest BCUT2D eigenvalue weighted by Gasteiger charge is -2.08. The van der Waals surface area contributed by atoms with Crippen molar-refractivity contribution in [3.8, 4) is 0 Å². The second-order valence-corrected chi connectivity index (χ2v) is 4.04. The molecule has 1 rings (SSSR count). The maximum absolute atomic E-state index is 13.4. The number of hydrogen-bond donors (Lipinski definition) is 1. The van der Waals surface area contributed by atoms with Gasteiger partial charge in [0.15, 0.2) is 5.89 Å². The van der Waals surface area contributed by atoms with Crippen molar-refractivity contribution in [2.75, 3.05) is 0 Å². The molecule has 0 aliphatic heterocycles. The summed E-state index contributed by atoms with van der Waals surface area (Å²) in [5.41, 5.74) is -1.37. The zero-order chi connectivity index (χ0) is 11.6. The molecule has 15 heavy (non-hydrogen) atoms. The third kappa shape index (κ3) is 3.04. The van der Waals surface area contributed by atoms with E-state index < -0.39 is 17.6 Å². The summed E-state index contributed by atoms with van der Waals surface area (Å²) >= 11 is 0. The van der Waals surface area contributed by atoms with E-state index in [1.165, 1.54) is 20.1 Å². The van der Waals surface area contributed by atoms with Gasteiger partial charge in [-0.2, -0.15) is 0 Å². The first-order chi connectivity index (χ1) is 6.80. The molecular formula is C10H14FNO3.